The van der Waals surface area contributed by atoms with Gasteiger partial charge in [-0.3, -0.25) is 9.59 Å². The summed E-state index contributed by atoms with van der Waals surface area (Å²) in [4.78, 5) is 28.3. The molecule has 29 heavy (non-hydrogen) atoms. The summed E-state index contributed by atoms with van der Waals surface area (Å²) < 4.78 is 11.3. The fourth-order valence-electron chi connectivity index (χ4n) is 3.14. The van der Waals surface area contributed by atoms with Crippen LogP contribution in [-0.2, 0) is 9.59 Å². The van der Waals surface area contributed by atoms with Gasteiger partial charge >= 0.3 is 0 Å². The molecule has 154 valence electrons. The number of benzene rings is 2. The van der Waals surface area contributed by atoms with Crippen LogP contribution in [0.15, 0.2) is 48.5 Å². The Bertz CT molecular complexity index is 856. The Morgan fingerprint density at radius 1 is 1.21 bits per heavy atom. The van der Waals surface area contributed by atoms with Crippen molar-refractivity contribution in [2.75, 3.05) is 31.6 Å². The molecule has 0 bridgehead atoms. The molecule has 0 fully saturated rings. The fraction of sp³-hybridized carbons (Fsp3) is 0.364. The number of hydrogen-bond acceptors (Lipinski definition) is 4. The highest BCUT2D eigenvalue weighted by Gasteiger charge is 2.31. The highest BCUT2D eigenvalue weighted by Crippen LogP contribution is 2.33. The minimum atomic E-state index is -0.553. The van der Waals surface area contributed by atoms with Gasteiger partial charge in [0.1, 0.15) is 11.5 Å². The lowest BCUT2D eigenvalue weighted by atomic mass is 10.1. The van der Waals surface area contributed by atoms with Crippen molar-refractivity contribution in [1.29, 1.82) is 0 Å². The maximum atomic E-state index is 12.5. The zero-order chi connectivity index (χ0) is 20.8. The first kappa shape index (κ1) is 21.0. The molecule has 0 N–H and O–H groups in total. The number of amides is 2. The number of nitrogens with zero attached hydrogens (tertiary/aromatic N) is 2. The van der Waals surface area contributed by atoms with E-state index in [1.807, 2.05) is 36.4 Å². The van der Waals surface area contributed by atoms with Crippen LogP contribution in [-0.4, -0.2) is 49.6 Å². The van der Waals surface area contributed by atoms with Crippen LogP contribution in [0.3, 0.4) is 0 Å². The molecule has 6 nitrogen and oxygen atoms in total. The van der Waals surface area contributed by atoms with Gasteiger partial charge in [-0.15, -0.1) is 0 Å². The standard InChI is InChI=1S/C22H25ClN2O4/c1-16-22(27)25(19-6-3-4-7-20(19)29-16)14-12-21(26)24(2)13-5-15-28-18-10-8-17(23)9-11-18/h3-4,6-11,16H,5,12-15H2,1-2H3. The monoisotopic (exact) mass is 416 g/mol. The number of anilines is 1. The summed E-state index contributed by atoms with van der Waals surface area (Å²) in [5.41, 5.74) is 0.711. The molecule has 0 saturated heterocycles. The summed E-state index contributed by atoms with van der Waals surface area (Å²) in [5.74, 6) is 1.28. The predicted octanol–water partition coefficient (Wildman–Crippen LogP) is 3.77. The SMILES string of the molecule is CC1Oc2ccccc2N(CCC(=O)N(C)CCCOc2ccc(Cl)cc2)C1=O. The average Bonchev–Trinajstić information content (AvgIpc) is 2.72. The molecule has 0 aromatic heterocycles. The summed E-state index contributed by atoms with van der Waals surface area (Å²) in [6.45, 7) is 3.14. The quantitative estimate of drug-likeness (QED) is 0.614. The lowest BCUT2D eigenvalue weighted by Gasteiger charge is -2.33. The zero-order valence-electron chi connectivity index (χ0n) is 16.6. The molecule has 3 rings (SSSR count). The van der Waals surface area contributed by atoms with E-state index in [1.54, 1.807) is 35.9 Å². The number of hydrogen-bond donors (Lipinski definition) is 0. The Balaban J connectivity index is 1.45. The second kappa shape index (κ2) is 9.65. The molecule has 0 spiro atoms. The van der Waals surface area contributed by atoms with Crippen LogP contribution < -0.4 is 14.4 Å². The third-order valence-electron chi connectivity index (χ3n) is 4.77. The molecule has 1 aliphatic heterocycles. The van der Waals surface area contributed by atoms with Gasteiger partial charge in [0.2, 0.25) is 5.91 Å². The zero-order valence-corrected chi connectivity index (χ0v) is 17.4. The van der Waals surface area contributed by atoms with Crippen molar-refractivity contribution in [1.82, 2.24) is 4.90 Å². The van der Waals surface area contributed by atoms with Crippen molar-refractivity contribution < 1.29 is 19.1 Å². The van der Waals surface area contributed by atoms with E-state index in [-0.39, 0.29) is 18.2 Å². The number of carbonyl (C=O) groups is 2. The average molecular weight is 417 g/mol. The van der Waals surface area contributed by atoms with E-state index in [9.17, 15) is 9.59 Å². The molecular formula is C22H25ClN2O4. The van der Waals surface area contributed by atoms with Gasteiger partial charge in [-0.05, 0) is 49.7 Å². The van der Waals surface area contributed by atoms with Gasteiger partial charge in [-0.1, -0.05) is 23.7 Å². The second-order valence-corrected chi connectivity index (χ2v) is 7.38. The normalized spacial score (nSPS) is 15.5. The molecule has 0 radical (unpaired) electrons. The van der Waals surface area contributed by atoms with Gasteiger partial charge in [0.25, 0.3) is 5.91 Å². The van der Waals surface area contributed by atoms with Crippen molar-refractivity contribution in [2.45, 2.75) is 25.9 Å². The molecule has 2 amide bonds. The summed E-state index contributed by atoms with van der Waals surface area (Å²) in [6, 6.07) is 14.6. The van der Waals surface area contributed by atoms with Gasteiger partial charge in [-0.2, -0.15) is 0 Å². The van der Waals surface area contributed by atoms with Crippen LogP contribution in [0.25, 0.3) is 0 Å². The van der Waals surface area contributed by atoms with E-state index >= 15 is 0 Å². The van der Waals surface area contributed by atoms with E-state index in [4.69, 9.17) is 21.1 Å². The lowest BCUT2D eigenvalue weighted by molar-refractivity contribution is -0.130. The van der Waals surface area contributed by atoms with Gasteiger partial charge in [-0.25, -0.2) is 0 Å². The molecule has 7 heteroatoms. The number of carbonyl (C=O) groups excluding carboxylic acids is 2. The maximum Gasteiger partial charge on any atom is 0.267 e. The molecule has 1 unspecified atom stereocenters. The largest absolute Gasteiger partial charge is 0.494 e. The number of halogens is 1. The van der Waals surface area contributed by atoms with Gasteiger partial charge < -0.3 is 19.3 Å². The summed E-state index contributed by atoms with van der Waals surface area (Å²) >= 11 is 5.85. The number of fused-ring (bicyclic) bond motifs is 1. The number of ether oxygens (including phenoxy) is 2. The molecule has 2 aromatic carbocycles. The summed E-state index contributed by atoms with van der Waals surface area (Å²) in [6.07, 6.45) is 0.408. The van der Waals surface area contributed by atoms with Gasteiger partial charge in [0.15, 0.2) is 6.10 Å². The van der Waals surface area contributed by atoms with Crippen molar-refractivity contribution in [2.24, 2.45) is 0 Å². The third kappa shape index (κ3) is 5.41. The minimum Gasteiger partial charge on any atom is -0.494 e. The minimum absolute atomic E-state index is 0.0130. The highest BCUT2D eigenvalue weighted by atomic mass is 35.5. The Labute approximate surface area is 176 Å². The molecule has 1 atom stereocenters. The highest BCUT2D eigenvalue weighted by molar-refractivity contribution is 6.30. The maximum absolute atomic E-state index is 12.5. The van der Waals surface area contributed by atoms with E-state index in [0.717, 1.165) is 5.75 Å². The molecule has 2 aromatic rings. The van der Waals surface area contributed by atoms with Crippen LogP contribution in [0.2, 0.25) is 5.02 Å². The van der Waals surface area contributed by atoms with E-state index < -0.39 is 6.10 Å². The third-order valence-corrected chi connectivity index (χ3v) is 5.02. The number of rotatable bonds is 8. The van der Waals surface area contributed by atoms with Crippen LogP contribution in [0.4, 0.5) is 5.69 Å². The molecule has 0 saturated carbocycles. The van der Waals surface area contributed by atoms with E-state index in [0.29, 0.717) is 42.6 Å². The second-order valence-electron chi connectivity index (χ2n) is 6.94. The first-order valence-corrected chi connectivity index (χ1v) is 10.0. The molecule has 0 aliphatic carbocycles. The molecule has 1 aliphatic rings. The topological polar surface area (TPSA) is 59.1 Å². The van der Waals surface area contributed by atoms with Crippen LogP contribution in [0.5, 0.6) is 11.5 Å². The van der Waals surface area contributed by atoms with Gasteiger partial charge in [0, 0.05) is 31.6 Å². The van der Waals surface area contributed by atoms with Gasteiger partial charge in [0.05, 0.1) is 12.3 Å². The summed E-state index contributed by atoms with van der Waals surface area (Å²) in [5, 5.41) is 0.665. The van der Waals surface area contributed by atoms with Crippen LogP contribution >= 0.6 is 11.6 Å². The fourth-order valence-corrected chi connectivity index (χ4v) is 3.26. The van der Waals surface area contributed by atoms with E-state index in [2.05, 4.69) is 0 Å². The van der Waals surface area contributed by atoms with Crippen molar-refractivity contribution >= 4 is 29.1 Å². The Morgan fingerprint density at radius 2 is 1.93 bits per heavy atom. The predicted molar refractivity (Wildman–Crippen MR) is 113 cm³/mol. The lowest BCUT2D eigenvalue weighted by Crippen LogP contribution is -2.46. The Hall–Kier alpha value is -2.73. The molecular weight excluding hydrogens is 392 g/mol. The van der Waals surface area contributed by atoms with Crippen molar-refractivity contribution in [3.05, 3.63) is 53.6 Å². The Morgan fingerprint density at radius 3 is 2.69 bits per heavy atom. The van der Waals surface area contributed by atoms with Crippen molar-refractivity contribution in [3.8, 4) is 11.5 Å². The first-order valence-electron chi connectivity index (χ1n) is 9.65. The number of para-hydroxylation sites is 2. The first-order chi connectivity index (χ1) is 14.0. The van der Waals surface area contributed by atoms with Crippen LogP contribution in [0, 0.1) is 0 Å². The summed E-state index contributed by atoms with van der Waals surface area (Å²) in [7, 11) is 1.77. The van der Waals surface area contributed by atoms with Crippen LogP contribution in [0.1, 0.15) is 19.8 Å². The molecule has 1 heterocycles. The van der Waals surface area contributed by atoms with E-state index in [1.165, 1.54) is 0 Å². The Kier molecular flexibility index (Phi) is 6.99. The van der Waals surface area contributed by atoms with Crippen molar-refractivity contribution in [3.63, 3.8) is 0 Å². The smallest absolute Gasteiger partial charge is 0.267 e.